The maximum Gasteiger partial charge on any atom is 0.0210 e. The van der Waals surface area contributed by atoms with Crippen LogP contribution >= 0.6 is 12.4 Å². The van der Waals surface area contributed by atoms with Crippen molar-refractivity contribution in [1.29, 1.82) is 0 Å². The summed E-state index contributed by atoms with van der Waals surface area (Å²) in [6.45, 7) is 5.33. The summed E-state index contributed by atoms with van der Waals surface area (Å²) in [4.78, 5) is 0. The average molecular weight is 288 g/mol. The molecule has 3 rings (SSSR count). The van der Waals surface area contributed by atoms with Gasteiger partial charge in [0.25, 0.3) is 0 Å². The van der Waals surface area contributed by atoms with Crippen LogP contribution in [0.4, 0.5) is 0 Å². The second-order valence-electron chi connectivity index (χ2n) is 5.68. The minimum atomic E-state index is 0. The van der Waals surface area contributed by atoms with Crippen LogP contribution in [0.15, 0.2) is 42.5 Å². The van der Waals surface area contributed by atoms with Gasteiger partial charge in [-0.25, -0.2) is 0 Å². The van der Waals surface area contributed by atoms with Crippen LogP contribution < -0.4 is 5.32 Å². The lowest BCUT2D eigenvalue weighted by molar-refractivity contribution is 0.532. The van der Waals surface area contributed by atoms with Crippen molar-refractivity contribution in [3.8, 4) is 0 Å². The standard InChI is InChI=1S/C18H21N.ClH/c1-13-7-8-17(14(2)9-13)12-19-18-10-15-5-3-4-6-16(15)11-18;/h3-9,18-19H,10-12H2,1-2H3;1H. The topological polar surface area (TPSA) is 12.0 Å². The lowest BCUT2D eigenvalue weighted by Gasteiger charge is -2.13. The van der Waals surface area contributed by atoms with Gasteiger partial charge in [0.1, 0.15) is 0 Å². The van der Waals surface area contributed by atoms with Crippen LogP contribution in [0, 0.1) is 13.8 Å². The van der Waals surface area contributed by atoms with E-state index >= 15 is 0 Å². The fourth-order valence-corrected chi connectivity index (χ4v) is 3.00. The predicted molar refractivity (Wildman–Crippen MR) is 87.6 cm³/mol. The summed E-state index contributed by atoms with van der Waals surface area (Å²) in [5, 5.41) is 3.71. The Labute approximate surface area is 127 Å². The van der Waals surface area contributed by atoms with Crippen molar-refractivity contribution in [2.75, 3.05) is 0 Å². The van der Waals surface area contributed by atoms with E-state index in [1.54, 1.807) is 0 Å². The lowest BCUT2D eigenvalue weighted by Crippen LogP contribution is -2.29. The van der Waals surface area contributed by atoms with Gasteiger partial charge < -0.3 is 5.32 Å². The summed E-state index contributed by atoms with van der Waals surface area (Å²) < 4.78 is 0. The third-order valence-corrected chi connectivity index (χ3v) is 4.13. The summed E-state index contributed by atoms with van der Waals surface area (Å²) >= 11 is 0. The molecule has 0 radical (unpaired) electrons. The Kier molecular flexibility index (Phi) is 4.85. The van der Waals surface area contributed by atoms with Gasteiger partial charge in [-0.15, -0.1) is 12.4 Å². The predicted octanol–water partition coefficient (Wildman–Crippen LogP) is 3.98. The Balaban J connectivity index is 0.00000147. The van der Waals surface area contributed by atoms with Gasteiger partial charge in [0.15, 0.2) is 0 Å². The van der Waals surface area contributed by atoms with Crippen molar-refractivity contribution in [2.45, 2.75) is 39.3 Å². The molecule has 20 heavy (non-hydrogen) atoms. The van der Waals surface area contributed by atoms with Crippen LogP contribution in [-0.4, -0.2) is 6.04 Å². The van der Waals surface area contributed by atoms with Crippen molar-refractivity contribution in [2.24, 2.45) is 0 Å². The summed E-state index contributed by atoms with van der Waals surface area (Å²) in [6.07, 6.45) is 2.34. The van der Waals surface area contributed by atoms with E-state index in [0.29, 0.717) is 6.04 Å². The zero-order valence-corrected chi connectivity index (χ0v) is 13.0. The molecule has 106 valence electrons. The molecule has 0 unspecified atom stereocenters. The number of benzene rings is 2. The van der Waals surface area contributed by atoms with Crippen LogP contribution in [0.2, 0.25) is 0 Å². The summed E-state index contributed by atoms with van der Waals surface area (Å²) in [5.74, 6) is 0. The van der Waals surface area contributed by atoms with Crippen molar-refractivity contribution >= 4 is 12.4 Å². The Morgan fingerprint density at radius 1 is 1.00 bits per heavy atom. The molecular formula is C18H22ClN. The molecule has 0 aliphatic heterocycles. The molecule has 0 aromatic heterocycles. The van der Waals surface area contributed by atoms with E-state index in [1.165, 1.54) is 40.7 Å². The first kappa shape index (κ1) is 15.1. The van der Waals surface area contributed by atoms with E-state index in [9.17, 15) is 0 Å². The molecule has 1 nitrogen and oxygen atoms in total. The molecule has 2 aromatic carbocycles. The normalized spacial score (nSPS) is 13.9. The quantitative estimate of drug-likeness (QED) is 0.900. The summed E-state index contributed by atoms with van der Waals surface area (Å²) in [6, 6.07) is 16.1. The Bertz CT molecular complexity index is 567. The molecule has 0 bridgehead atoms. The van der Waals surface area contributed by atoms with Gasteiger partial charge in [-0.1, -0.05) is 48.0 Å². The molecular weight excluding hydrogens is 266 g/mol. The fraction of sp³-hybridized carbons (Fsp3) is 0.333. The van der Waals surface area contributed by atoms with E-state index < -0.39 is 0 Å². The molecule has 0 saturated heterocycles. The number of rotatable bonds is 3. The molecule has 1 aliphatic rings. The smallest absolute Gasteiger partial charge is 0.0210 e. The highest BCUT2D eigenvalue weighted by molar-refractivity contribution is 5.85. The number of halogens is 1. The number of nitrogens with one attached hydrogen (secondary N) is 1. The second-order valence-corrected chi connectivity index (χ2v) is 5.68. The van der Waals surface area contributed by atoms with Gasteiger partial charge in [0.05, 0.1) is 0 Å². The molecule has 0 spiro atoms. The maximum atomic E-state index is 3.71. The highest BCUT2D eigenvalue weighted by atomic mass is 35.5. The van der Waals surface area contributed by atoms with Gasteiger partial charge in [-0.3, -0.25) is 0 Å². The number of fused-ring (bicyclic) bond motifs is 1. The first-order chi connectivity index (χ1) is 9.22. The number of hydrogen-bond acceptors (Lipinski definition) is 1. The molecule has 0 amide bonds. The molecule has 2 heteroatoms. The lowest BCUT2D eigenvalue weighted by atomic mass is 10.1. The fourth-order valence-electron chi connectivity index (χ4n) is 3.00. The molecule has 0 atom stereocenters. The Morgan fingerprint density at radius 2 is 1.65 bits per heavy atom. The second kappa shape index (κ2) is 6.43. The highest BCUT2D eigenvalue weighted by Gasteiger charge is 2.20. The maximum absolute atomic E-state index is 3.71. The molecule has 1 aliphatic carbocycles. The van der Waals surface area contributed by atoms with Crippen LogP contribution in [0.1, 0.15) is 27.8 Å². The van der Waals surface area contributed by atoms with Crippen LogP contribution in [0.5, 0.6) is 0 Å². The molecule has 0 saturated carbocycles. The average Bonchev–Trinajstić information content (AvgIpc) is 2.80. The Morgan fingerprint density at radius 3 is 2.25 bits per heavy atom. The van der Waals surface area contributed by atoms with Crippen LogP contribution in [-0.2, 0) is 19.4 Å². The van der Waals surface area contributed by atoms with Crippen molar-refractivity contribution < 1.29 is 0 Å². The van der Waals surface area contributed by atoms with E-state index in [2.05, 4.69) is 61.6 Å². The first-order valence-corrected chi connectivity index (χ1v) is 7.08. The van der Waals surface area contributed by atoms with Gasteiger partial charge in [0, 0.05) is 12.6 Å². The molecule has 2 aromatic rings. The minimum Gasteiger partial charge on any atom is -0.309 e. The van der Waals surface area contributed by atoms with Crippen LogP contribution in [0.3, 0.4) is 0 Å². The Hall–Kier alpha value is -1.31. The minimum absolute atomic E-state index is 0. The SMILES string of the molecule is Cc1ccc(CNC2Cc3ccccc3C2)c(C)c1.Cl. The van der Waals surface area contributed by atoms with Gasteiger partial charge >= 0.3 is 0 Å². The summed E-state index contributed by atoms with van der Waals surface area (Å²) in [7, 11) is 0. The van der Waals surface area contributed by atoms with E-state index in [4.69, 9.17) is 0 Å². The monoisotopic (exact) mass is 287 g/mol. The van der Waals surface area contributed by atoms with Gasteiger partial charge in [0.2, 0.25) is 0 Å². The van der Waals surface area contributed by atoms with Gasteiger partial charge in [-0.2, -0.15) is 0 Å². The molecule has 1 N–H and O–H groups in total. The van der Waals surface area contributed by atoms with E-state index in [-0.39, 0.29) is 12.4 Å². The van der Waals surface area contributed by atoms with E-state index in [1.807, 2.05) is 0 Å². The first-order valence-electron chi connectivity index (χ1n) is 7.08. The largest absolute Gasteiger partial charge is 0.309 e. The molecule has 0 heterocycles. The highest BCUT2D eigenvalue weighted by Crippen LogP contribution is 2.22. The zero-order chi connectivity index (χ0) is 13.2. The van der Waals surface area contributed by atoms with Crippen molar-refractivity contribution in [3.63, 3.8) is 0 Å². The van der Waals surface area contributed by atoms with Gasteiger partial charge in [-0.05, 0) is 48.9 Å². The zero-order valence-electron chi connectivity index (χ0n) is 12.1. The third kappa shape index (κ3) is 3.23. The third-order valence-electron chi connectivity index (χ3n) is 4.13. The van der Waals surface area contributed by atoms with Crippen molar-refractivity contribution in [3.05, 3.63) is 70.3 Å². The molecule has 0 fully saturated rings. The number of hydrogen-bond donors (Lipinski definition) is 1. The number of aryl methyl sites for hydroxylation is 2. The van der Waals surface area contributed by atoms with E-state index in [0.717, 1.165) is 6.54 Å². The summed E-state index contributed by atoms with van der Waals surface area (Å²) in [5.41, 5.74) is 7.18. The van der Waals surface area contributed by atoms with Crippen molar-refractivity contribution in [1.82, 2.24) is 5.32 Å². The van der Waals surface area contributed by atoms with Crippen LogP contribution in [0.25, 0.3) is 0 Å².